The summed E-state index contributed by atoms with van der Waals surface area (Å²) < 4.78 is 102. The summed E-state index contributed by atoms with van der Waals surface area (Å²) in [6.45, 7) is 0. The molecular formula is C15H11F6NO2S. The number of sulfonamides is 1. The first-order chi connectivity index (χ1) is 11.3. The molecule has 0 unspecified atom stereocenters. The molecule has 0 amide bonds. The van der Waals surface area contributed by atoms with Gasteiger partial charge in [-0.1, -0.05) is 18.2 Å². The predicted molar refractivity (Wildman–Crippen MR) is 80.3 cm³/mol. The highest BCUT2D eigenvalue weighted by molar-refractivity contribution is 7.92. The summed E-state index contributed by atoms with van der Waals surface area (Å²) >= 11 is 0. The number of benzene rings is 2. The molecule has 2 aromatic carbocycles. The third-order valence-corrected chi connectivity index (χ3v) is 3.76. The van der Waals surface area contributed by atoms with E-state index in [-0.39, 0.29) is 16.8 Å². The average Bonchev–Trinajstić information content (AvgIpc) is 2.44. The molecule has 0 spiro atoms. The smallest absolute Gasteiger partial charge is 0.284 e. The van der Waals surface area contributed by atoms with Gasteiger partial charge in [0.15, 0.2) is 0 Å². The Balaban J connectivity index is 2.53. The van der Waals surface area contributed by atoms with Crippen molar-refractivity contribution >= 4 is 15.7 Å². The molecule has 0 fully saturated rings. The minimum atomic E-state index is -4.83. The second-order valence-electron chi connectivity index (χ2n) is 5.21. The Labute approximate surface area is 139 Å². The third-order valence-electron chi connectivity index (χ3n) is 3.15. The molecule has 2 rings (SSSR count). The summed E-state index contributed by atoms with van der Waals surface area (Å²) in [5.74, 6) is 0. The zero-order valence-corrected chi connectivity index (χ0v) is 13.4. The number of anilines is 1. The van der Waals surface area contributed by atoms with Gasteiger partial charge in [0.2, 0.25) is 10.0 Å². The van der Waals surface area contributed by atoms with E-state index in [9.17, 15) is 34.8 Å². The number of hydrogen-bond donors (Lipinski definition) is 1. The van der Waals surface area contributed by atoms with Crippen molar-refractivity contribution in [2.24, 2.45) is 0 Å². The molecule has 0 radical (unpaired) electrons. The molecule has 1 N–H and O–H groups in total. The Hall–Kier alpha value is -2.23. The van der Waals surface area contributed by atoms with Crippen molar-refractivity contribution in [1.29, 1.82) is 0 Å². The molecule has 0 aliphatic carbocycles. The van der Waals surface area contributed by atoms with Gasteiger partial charge < -0.3 is 0 Å². The van der Waals surface area contributed by atoms with E-state index in [0.717, 1.165) is 30.5 Å². The van der Waals surface area contributed by atoms with Crippen LogP contribution < -0.4 is 4.72 Å². The van der Waals surface area contributed by atoms with E-state index in [1.54, 1.807) is 0 Å². The zero-order chi connectivity index (χ0) is 19.0. The van der Waals surface area contributed by atoms with Crippen LogP contribution in [0.4, 0.5) is 32.0 Å². The van der Waals surface area contributed by atoms with Gasteiger partial charge >= 0.3 is 12.4 Å². The molecule has 25 heavy (non-hydrogen) atoms. The standard InChI is InChI=1S/C15H11F6NO2S/c1-25(23,24)22-11-6-7-12(13(8-11)15(19,20)21)9-2-4-10(5-3-9)14(16,17)18/h2-8,22H,1H3. The van der Waals surface area contributed by atoms with E-state index in [1.165, 1.54) is 0 Å². The van der Waals surface area contributed by atoms with Crippen LogP contribution in [-0.4, -0.2) is 14.7 Å². The minimum absolute atomic E-state index is 0.0776. The van der Waals surface area contributed by atoms with E-state index in [1.807, 2.05) is 4.72 Å². The summed E-state index contributed by atoms with van der Waals surface area (Å²) in [7, 11) is -3.78. The summed E-state index contributed by atoms with van der Waals surface area (Å²) in [6, 6.07) is 5.90. The maximum Gasteiger partial charge on any atom is 0.417 e. The van der Waals surface area contributed by atoms with Crippen LogP contribution in [0, 0.1) is 0 Å². The number of rotatable bonds is 3. The highest BCUT2D eigenvalue weighted by Crippen LogP contribution is 2.39. The van der Waals surface area contributed by atoms with E-state index >= 15 is 0 Å². The Morgan fingerprint density at radius 2 is 1.40 bits per heavy atom. The molecule has 2 aromatic rings. The number of alkyl halides is 6. The average molecular weight is 383 g/mol. The normalized spacial score (nSPS) is 12.9. The molecule has 0 atom stereocenters. The van der Waals surface area contributed by atoms with Crippen molar-refractivity contribution in [3.63, 3.8) is 0 Å². The summed E-state index contributed by atoms with van der Waals surface area (Å²) in [6.07, 6.45) is -8.65. The second kappa shape index (κ2) is 6.25. The first kappa shape index (κ1) is 19.1. The van der Waals surface area contributed by atoms with Crippen molar-refractivity contribution in [1.82, 2.24) is 0 Å². The van der Waals surface area contributed by atoms with E-state index < -0.39 is 33.5 Å². The van der Waals surface area contributed by atoms with Crippen LogP contribution in [0.3, 0.4) is 0 Å². The van der Waals surface area contributed by atoms with Gasteiger partial charge in [0.05, 0.1) is 17.4 Å². The van der Waals surface area contributed by atoms with E-state index in [0.29, 0.717) is 18.2 Å². The summed E-state index contributed by atoms with van der Waals surface area (Å²) in [5.41, 5.74) is -2.89. The van der Waals surface area contributed by atoms with Gasteiger partial charge in [-0.3, -0.25) is 4.72 Å². The van der Waals surface area contributed by atoms with E-state index in [2.05, 4.69) is 0 Å². The topological polar surface area (TPSA) is 46.2 Å². The highest BCUT2D eigenvalue weighted by atomic mass is 32.2. The maximum absolute atomic E-state index is 13.3. The monoisotopic (exact) mass is 383 g/mol. The van der Waals surface area contributed by atoms with Crippen LogP contribution in [0.25, 0.3) is 11.1 Å². The lowest BCUT2D eigenvalue weighted by Gasteiger charge is -2.16. The van der Waals surface area contributed by atoms with Crippen LogP contribution in [0.1, 0.15) is 11.1 Å². The van der Waals surface area contributed by atoms with Crippen LogP contribution in [0.15, 0.2) is 42.5 Å². The van der Waals surface area contributed by atoms with Gasteiger partial charge in [0.1, 0.15) is 0 Å². The van der Waals surface area contributed by atoms with Gasteiger partial charge in [0.25, 0.3) is 0 Å². The van der Waals surface area contributed by atoms with Crippen molar-refractivity contribution in [2.75, 3.05) is 11.0 Å². The highest BCUT2D eigenvalue weighted by Gasteiger charge is 2.35. The second-order valence-corrected chi connectivity index (χ2v) is 6.96. The largest absolute Gasteiger partial charge is 0.417 e. The Kier molecular flexibility index (Phi) is 4.77. The summed E-state index contributed by atoms with van der Waals surface area (Å²) in [4.78, 5) is 0. The van der Waals surface area contributed by atoms with E-state index in [4.69, 9.17) is 0 Å². The lowest BCUT2D eigenvalue weighted by Crippen LogP contribution is -2.12. The Bertz CT molecular complexity index is 870. The lowest BCUT2D eigenvalue weighted by molar-refractivity contribution is -0.138. The van der Waals surface area contributed by atoms with Gasteiger partial charge in [-0.2, -0.15) is 26.3 Å². The number of nitrogens with one attached hydrogen (secondary N) is 1. The molecule has 0 aromatic heterocycles. The van der Waals surface area contributed by atoms with Crippen molar-refractivity contribution in [2.45, 2.75) is 12.4 Å². The fraction of sp³-hybridized carbons (Fsp3) is 0.200. The molecule has 3 nitrogen and oxygen atoms in total. The Morgan fingerprint density at radius 3 is 1.84 bits per heavy atom. The first-order valence-corrected chi connectivity index (χ1v) is 8.53. The molecule has 10 heteroatoms. The molecule has 136 valence electrons. The molecule has 0 aliphatic rings. The minimum Gasteiger partial charge on any atom is -0.284 e. The zero-order valence-electron chi connectivity index (χ0n) is 12.5. The molecule has 0 bridgehead atoms. The number of hydrogen-bond acceptors (Lipinski definition) is 2. The lowest BCUT2D eigenvalue weighted by atomic mass is 9.97. The van der Waals surface area contributed by atoms with Gasteiger partial charge in [-0.15, -0.1) is 0 Å². The third kappa shape index (κ3) is 4.88. The van der Waals surface area contributed by atoms with Crippen LogP contribution in [0.5, 0.6) is 0 Å². The van der Waals surface area contributed by atoms with Gasteiger partial charge in [0, 0.05) is 5.69 Å². The SMILES string of the molecule is CS(=O)(=O)Nc1ccc(-c2ccc(C(F)(F)F)cc2)c(C(F)(F)F)c1. The first-order valence-electron chi connectivity index (χ1n) is 6.64. The molecule has 0 saturated carbocycles. The molecular weight excluding hydrogens is 372 g/mol. The summed E-state index contributed by atoms with van der Waals surface area (Å²) in [5, 5.41) is 0. The fourth-order valence-corrected chi connectivity index (χ4v) is 2.70. The van der Waals surface area contributed by atoms with Crippen molar-refractivity contribution in [3.05, 3.63) is 53.6 Å². The van der Waals surface area contributed by atoms with Crippen LogP contribution >= 0.6 is 0 Å². The van der Waals surface area contributed by atoms with Crippen LogP contribution in [0.2, 0.25) is 0 Å². The number of halogens is 6. The van der Waals surface area contributed by atoms with Gasteiger partial charge in [-0.25, -0.2) is 8.42 Å². The molecule has 0 heterocycles. The predicted octanol–water partition coefficient (Wildman–Crippen LogP) is 4.76. The van der Waals surface area contributed by atoms with Crippen molar-refractivity contribution in [3.8, 4) is 11.1 Å². The Morgan fingerprint density at radius 1 is 0.840 bits per heavy atom. The van der Waals surface area contributed by atoms with Gasteiger partial charge in [-0.05, 0) is 35.4 Å². The fourth-order valence-electron chi connectivity index (χ4n) is 2.15. The van der Waals surface area contributed by atoms with Crippen molar-refractivity contribution < 1.29 is 34.8 Å². The quantitative estimate of drug-likeness (QED) is 0.777. The molecule has 0 saturated heterocycles. The maximum atomic E-state index is 13.3. The van der Waals surface area contributed by atoms with Crippen LogP contribution in [-0.2, 0) is 22.4 Å². The molecule has 0 aliphatic heterocycles.